The van der Waals surface area contributed by atoms with Gasteiger partial charge in [0.05, 0.1) is 4.92 Å². The fraction of sp³-hybridized carbons (Fsp3) is 0.400. The summed E-state index contributed by atoms with van der Waals surface area (Å²) < 4.78 is 0. The lowest BCUT2D eigenvalue weighted by Crippen LogP contribution is -2.02. The monoisotopic (exact) mass is 227 g/mol. The van der Waals surface area contributed by atoms with Crippen LogP contribution in [0.15, 0.2) is 29.2 Å². The van der Waals surface area contributed by atoms with Gasteiger partial charge in [0.2, 0.25) is 0 Å². The SMILES string of the molecule is CC(CO)CSc1ccc([N+](=O)[O-])cc1. The number of nitrogens with zero attached hydrogens (tertiary/aromatic N) is 1. The molecule has 1 rings (SSSR count). The van der Waals surface area contributed by atoms with E-state index in [4.69, 9.17) is 5.11 Å². The molecular weight excluding hydrogens is 214 g/mol. The quantitative estimate of drug-likeness (QED) is 0.476. The molecule has 0 spiro atoms. The van der Waals surface area contributed by atoms with Gasteiger partial charge in [0.15, 0.2) is 0 Å². The van der Waals surface area contributed by atoms with E-state index in [9.17, 15) is 10.1 Å². The normalized spacial score (nSPS) is 12.4. The first-order valence-corrected chi connectivity index (χ1v) is 5.60. The maximum absolute atomic E-state index is 10.4. The van der Waals surface area contributed by atoms with E-state index in [1.165, 1.54) is 12.1 Å². The number of rotatable bonds is 5. The van der Waals surface area contributed by atoms with Crippen LogP contribution in [0.3, 0.4) is 0 Å². The van der Waals surface area contributed by atoms with Crippen molar-refractivity contribution in [2.45, 2.75) is 11.8 Å². The molecule has 1 aromatic carbocycles. The molecule has 0 saturated carbocycles. The van der Waals surface area contributed by atoms with E-state index in [2.05, 4.69) is 0 Å². The van der Waals surface area contributed by atoms with Crippen molar-refractivity contribution in [1.82, 2.24) is 0 Å². The summed E-state index contributed by atoms with van der Waals surface area (Å²) in [6, 6.07) is 6.44. The van der Waals surface area contributed by atoms with Gasteiger partial charge in [-0.3, -0.25) is 10.1 Å². The second-order valence-electron chi connectivity index (χ2n) is 3.35. The van der Waals surface area contributed by atoms with Crippen molar-refractivity contribution >= 4 is 17.4 Å². The minimum absolute atomic E-state index is 0.106. The first-order valence-electron chi connectivity index (χ1n) is 4.61. The molecule has 0 heterocycles. The van der Waals surface area contributed by atoms with E-state index in [1.807, 2.05) is 6.92 Å². The van der Waals surface area contributed by atoms with E-state index >= 15 is 0 Å². The summed E-state index contributed by atoms with van der Waals surface area (Å²) in [7, 11) is 0. The Labute approximate surface area is 92.5 Å². The van der Waals surface area contributed by atoms with Crippen molar-refractivity contribution < 1.29 is 10.0 Å². The van der Waals surface area contributed by atoms with E-state index in [0.717, 1.165) is 10.6 Å². The first-order chi connectivity index (χ1) is 7.13. The molecule has 1 atom stereocenters. The number of hydrogen-bond acceptors (Lipinski definition) is 4. The summed E-state index contributed by atoms with van der Waals surface area (Å²) in [6.45, 7) is 2.12. The van der Waals surface area contributed by atoms with Gasteiger partial charge in [-0.1, -0.05) is 6.92 Å². The number of aliphatic hydroxyl groups excluding tert-OH is 1. The number of non-ortho nitro benzene ring substituents is 1. The highest BCUT2D eigenvalue weighted by Crippen LogP contribution is 2.23. The zero-order chi connectivity index (χ0) is 11.3. The Morgan fingerprint density at radius 2 is 2.07 bits per heavy atom. The molecule has 1 aromatic rings. The van der Waals surface area contributed by atoms with Crippen molar-refractivity contribution in [2.24, 2.45) is 5.92 Å². The van der Waals surface area contributed by atoms with Gasteiger partial charge in [0, 0.05) is 29.4 Å². The number of nitro benzene ring substituents is 1. The molecule has 5 heteroatoms. The molecule has 0 aromatic heterocycles. The van der Waals surface area contributed by atoms with E-state index < -0.39 is 4.92 Å². The number of nitro groups is 1. The molecule has 0 saturated heterocycles. The van der Waals surface area contributed by atoms with Crippen LogP contribution in [-0.2, 0) is 0 Å². The smallest absolute Gasteiger partial charge is 0.269 e. The van der Waals surface area contributed by atoms with Crippen LogP contribution in [0.5, 0.6) is 0 Å². The van der Waals surface area contributed by atoms with Gasteiger partial charge in [-0.05, 0) is 18.1 Å². The van der Waals surface area contributed by atoms with E-state index in [-0.39, 0.29) is 18.2 Å². The minimum Gasteiger partial charge on any atom is -0.396 e. The van der Waals surface area contributed by atoms with Crippen LogP contribution in [0.2, 0.25) is 0 Å². The third-order valence-electron chi connectivity index (χ3n) is 1.89. The maximum atomic E-state index is 10.4. The fourth-order valence-electron chi connectivity index (χ4n) is 0.955. The Balaban J connectivity index is 2.53. The molecule has 4 nitrogen and oxygen atoms in total. The van der Waals surface area contributed by atoms with Crippen LogP contribution < -0.4 is 0 Å². The topological polar surface area (TPSA) is 63.4 Å². The van der Waals surface area contributed by atoms with Gasteiger partial charge in [0.25, 0.3) is 5.69 Å². The highest BCUT2D eigenvalue weighted by molar-refractivity contribution is 7.99. The second-order valence-corrected chi connectivity index (χ2v) is 4.44. The molecular formula is C10H13NO3S. The highest BCUT2D eigenvalue weighted by Gasteiger charge is 2.05. The van der Waals surface area contributed by atoms with Crippen LogP contribution in [0.1, 0.15) is 6.92 Å². The van der Waals surface area contributed by atoms with Crippen molar-refractivity contribution in [3.63, 3.8) is 0 Å². The Morgan fingerprint density at radius 3 is 2.53 bits per heavy atom. The average Bonchev–Trinajstić information content (AvgIpc) is 2.26. The molecule has 0 fully saturated rings. The number of aliphatic hydroxyl groups is 1. The molecule has 15 heavy (non-hydrogen) atoms. The summed E-state index contributed by atoms with van der Waals surface area (Å²) in [6.07, 6.45) is 0. The fourth-order valence-corrected chi connectivity index (χ4v) is 1.87. The van der Waals surface area contributed by atoms with Crippen LogP contribution in [0.4, 0.5) is 5.69 Å². The lowest BCUT2D eigenvalue weighted by molar-refractivity contribution is -0.384. The van der Waals surface area contributed by atoms with E-state index in [1.54, 1.807) is 23.9 Å². The van der Waals surface area contributed by atoms with Gasteiger partial charge >= 0.3 is 0 Å². The molecule has 0 aliphatic carbocycles. The second kappa shape index (κ2) is 5.72. The average molecular weight is 227 g/mol. The number of benzene rings is 1. The Kier molecular flexibility index (Phi) is 4.58. The molecule has 82 valence electrons. The van der Waals surface area contributed by atoms with Crippen molar-refractivity contribution in [1.29, 1.82) is 0 Å². The van der Waals surface area contributed by atoms with Gasteiger partial charge in [-0.2, -0.15) is 0 Å². The maximum Gasteiger partial charge on any atom is 0.269 e. The van der Waals surface area contributed by atoms with Crippen LogP contribution in [0, 0.1) is 16.0 Å². The predicted molar refractivity (Wildman–Crippen MR) is 60.1 cm³/mol. The molecule has 0 aliphatic rings. The highest BCUT2D eigenvalue weighted by atomic mass is 32.2. The zero-order valence-electron chi connectivity index (χ0n) is 8.42. The number of hydrogen-bond donors (Lipinski definition) is 1. The van der Waals surface area contributed by atoms with Crippen LogP contribution in [0.25, 0.3) is 0 Å². The van der Waals surface area contributed by atoms with Crippen LogP contribution in [-0.4, -0.2) is 22.4 Å². The Morgan fingerprint density at radius 1 is 1.47 bits per heavy atom. The van der Waals surface area contributed by atoms with Crippen molar-refractivity contribution in [3.05, 3.63) is 34.4 Å². The van der Waals surface area contributed by atoms with E-state index in [0.29, 0.717) is 0 Å². The standard InChI is InChI=1S/C10H13NO3S/c1-8(6-12)7-15-10-4-2-9(3-5-10)11(13)14/h2-5,8,12H,6-7H2,1H3. The molecule has 0 radical (unpaired) electrons. The zero-order valence-corrected chi connectivity index (χ0v) is 9.24. The predicted octanol–water partition coefficient (Wildman–Crippen LogP) is 2.32. The van der Waals surface area contributed by atoms with Crippen molar-refractivity contribution in [2.75, 3.05) is 12.4 Å². The third-order valence-corrected chi connectivity index (χ3v) is 3.23. The molecule has 0 amide bonds. The van der Waals surface area contributed by atoms with Gasteiger partial charge in [0.1, 0.15) is 0 Å². The molecule has 0 bridgehead atoms. The largest absolute Gasteiger partial charge is 0.396 e. The van der Waals surface area contributed by atoms with Gasteiger partial charge < -0.3 is 5.11 Å². The van der Waals surface area contributed by atoms with Gasteiger partial charge in [-0.15, -0.1) is 11.8 Å². The third kappa shape index (κ3) is 3.89. The lowest BCUT2D eigenvalue weighted by atomic mass is 10.2. The summed E-state index contributed by atoms with van der Waals surface area (Å²) in [5.41, 5.74) is 0.106. The number of thioether (sulfide) groups is 1. The van der Waals surface area contributed by atoms with Crippen LogP contribution >= 0.6 is 11.8 Å². The first kappa shape index (κ1) is 12.0. The van der Waals surface area contributed by atoms with Gasteiger partial charge in [-0.25, -0.2) is 0 Å². The van der Waals surface area contributed by atoms with Crippen molar-refractivity contribution in [3.8, 4) is 0 Å². The molecule has 1 unspecified atom stereocenters. The molecule has 1 N–H and O–H groups in total. The Bertz CT molecular complexity index is 326. The summed E-state index contributed by atoms with van der Waals surface area (Å²) in [5, 5.41) is 19.2. The summed E-state index contributed by atoms with van der Waals surface area (Å²) in [5.74, 6) is 1.05. The minimum atomic E-state index is -0.412. The lowest BCUT2D eigenvalue weighted by Gasteiger charge is -2.06. The Hall–Kier alpha value is -1.07. The summed E-state index contributed by atoms with van der Waals surface area (Å²) >= 11 is 1.59. The summed E-state index contributed by atoms with van der Waals surface area (Å²) in [4.78, 5) is 11.0. The molecule has 0 aliphatic heterocycles.